The van der Waals surface area contributed by atoms with Crippen molar-refractivity contribution >= 4 is 15.9 Å². The van der Waals surface area contributed by atoms with Crippen LogP contribution in [0.3, 0.4) is 0 Å². The van der Waals surface area contributed by atoms with Crippen molar-refractivity contribution in [2.24, 2.45) is 0 Å². The van der Waals surface area contributed by atoms with Gasteiger partial charge in [0.15, 0.2) is 0 Å². The topological polar surface area (TPSA) is 109 Å². The number of amides is 1. The van der Waals surface area contributed by atoms with E-state index >= 15 is 0 Å². The largest absolute Gasteiger partial charge is 0.416 e. The number of carbonyl (C=O) groups excluding carboxylic acids is 1. The van der Waals surface area contributed by atoms with Crippen LogP contribution < -0.4 is 0 Å². The fourth-order valence-corrected chi connectivity index (χ4v) is 6.25. The van der Waals surface area contributed by atoms with Gasteiger partial charge in [-0.3, -0.25) is 4.79 Å². The molecule has 9 nitrogen and oxygen atoms in total. The molecule has 0 spiro atoms. The maximum absolute atomic E-state index is 14.8. The van der Waals surface area contributed by atoms with Gasteiger partial charge in [-0.25, -0.2) is 26.9 Å². The third-order valence-electron chi connectivity index (χ3n) is 6.73. The van der Waals surface area contributed by atoms with Gasteiger partial charge in [-0.15, -0.1) is 0 Å². The first-order chi connectivity index (χ1) is 18.2. The van der Waals surface area contributed by atoms with Gasteiger partial charge in [0.25, 0.3) is 5.91 Å². The van der Waals surface area contributed by atoms with Crippen molar-refractivity contribution < 1.29 is 40.3 Å². The number of nitrogens with zero attached hydrogens (tertiary/aromatic N) is 5. The summed E-state index contributed by atoms with van der Waals surface area (Å²) in [6.07, 6.45) is -2.20. The third-order valence-corrected chi connectivity index (χ3v) is 9.10. The smallest absolute Gasteiger partial charge is 0.382 e. The summed E-state index contributed by atoms with van der Waals surface area (Å²) < 4.78 is 96.2. The van der Waals surface area contributed by atoms with Crippen LogP contribution in [-0.2, 0) is 28.3 Å². The Kier molecular flexibility index (Phi) is 7.78. The van der Waals surface area contributed by atoms with E-state index in [0.717, 1.165) is 51.7 Å². The molecule has 1 aliphatic rings. The number of hydrogen-bond donors (Lipinski definition) is 1. The predicted octanol–water partition coefficient (Wildman–Crippen LogP) is 2.64. The molecule has 4 rings (SSSR count). The minimum atomic E-state index is -4.55. The molecule has 0 saturated carbocycles. The molecule has 1 saturated heterocycles. The second kappa shape index (κ2) is 10.6. The van der Waals surface area contributed by atoms with Crippen LogP contribution in [0.5, 0.6) is 0 Å². The van der Waals surface area contributed by atoms with Crippen LogP contribution in [0.25, 0.3) is 0 Å². The van der Waals surface area contributed by atoms with E-state index < -0.39 is 62.3 Å². The predicted molar refractivity (Wildman–Crippen MR) is 128 cm³/mol. The molecule has 39 heavy (non-hydrogen) atoms. The Morgan fingerprint density at radius 1 is 1.05 bits per heavy atom. The first-order valence-electron chi connectivity index (χ1n) is 11.7. The van der Waals surface area contributed by atoms with Crippen LogP contribution in [0.15, 0.2) is 55.1 Å². The normalized spacial score (nSPS) is 17.6. The molecule has 1 N–H and O–H groups in total. The summed E-state index contributed by atoms with van der Waals surface area (Å²) in [7, 11) is -4.34. The number of piperazine rings is 1. The fraction of sp³-hybridized carbons (Fsp3) is 0.375. The van der Waals surface area contributed by atoms with Crippen molar-refractivity contribution in [3.8, 4) is 0 Å². The summed E-state index contributed by atoms with van der Waals surface area (Å²) in [6.45, 7) is 0.183. The molecule has 0 radical (unpaired) electrons. The van der Waals surface area contributed by atoms with E-state index in [0.29, 0.717) is 6.07 Å². The molecule has 2 aromatic carbocycles. The maximum Gasteiger partial charge on any atom is 0.416 e. The van der Waals surface area contributed by atoms with E-state index in [1.54, 1.807) is 0 Å². The van der Waals surface area contributed by atoms with Crippen LogP contribution in [-0.4, -0.2) is 74.8 Å². The van der Waals surface area contributed by atoms with Gasteiger partial charge in [0.05, 0.1) is 12.1 Å². The Hall–Kier alpha value is -3.43. The van der Waals surface area contributed by atoms with Crippen molar-refractivity contribution in [1.82, 2.24) is 24.0 Å². The van der Waals surface area contributed by atoms with Crippen LogP contribution in [0.1, 0.15) is 28.4 Å². The molecule has 2 heterocycles. The van der Waals surface area contributed by atoms with E-state index in [9.17, 15) is 40.3 Å². The summed E-state index contributed by atoms with van der Waals surface area (Å²) >= 11 is 0. The zero-order chi connectivity index (χ0) is 28.6. The van der Waals surface area contributed by atoms with Gasteiger partial charge in [-0.05, 0) is 37.3 Å². The Labute approximate surface area is 220 Å². The highest BCUT2D eigenvalue weighted by Gasteiger charge is 2.48. The number of carbonyl (C=O) groups is 1. The highest BCUT2D eigenvalue weighted by molar-refractivity contribution is 7.89. The molecular formula is C24H24F5N5O4S. The number of sulfonamides is 1. The Balaban J connectivity index is 1.53. The summed E-state index contributed by atoms with van der Waals surface area (Å²) in [5.74, 6) is -2.62. The van der Waals surface area contributed by atoms with Crippen LogP contribution in [0, 0.1) is 11.6 Å². The molecule has 210 valence electrons. The highest BCUT2D eigenvalue weighted by atomic mass is 32.2. The monoisotopic (exact) mass is 573 g/mol. The fourth-order valence-electron chi connectivity index (χ4n) is 4.43. The lowest BCUT2D eigenvalue weighted by Crippen LogP contribution is -2.56. The van der Waals surface area contributed by atoms with Crippen molar-refractivity contribution in [1.29, 1.82) is 0 Å². The number of aliphatic hydroxyl groups is 1. The van der Waals surface area contributed by atoms with Gasteiger partial charge < -0.3 is 10.0 Å². The molecule has 3 aromatic rings. The van der Waals surface area contributed by atoms with E-state index in [1.165, 1.54) is 18.2 Å². The number of benzene rings is 2. The van der Waals surface area contributed by atoms with E-state index in [1.807, 2.05) is 0 Å². The van der Waals surface area contributed by atoms with E-state index in [-0.39, 0.29) is 31.7 Å². The van der Waals surface area contributed by atoms with E-state index in [2.05, 4.69) is 10.1 Å². The lowest BCUT2D eigenvalue weighted by atomic mass is 9.90. The molecule has 1 fully saturated rings. The molecule has 2 atom stereocenters. The summed E-state index contributed by atoms with van der Waals surface area (Å²) in [4.78, 5) is 17.8. The van der Waals surface area contributed by atoms with Gasteiger partial charge in [-0.2, -0.15) is 22.6 Å². The first kappa shape index (κ1) is 28.6. The molecule has 0 aliphatic carbocycles. The Bertz CT molecular complexity index is 1430. The average molecular weight is 574 g/mol. The van der Waals surface area contributed by atoms with Gasteiger partial charge in [0, 0.05) is 43.4 Å². The van der Waals surface area contributed by atoms with Gasteiger partial charge in [-0.1, -0.05) is 6.07 Å². The molecule has 1 aromatic heterocycles. The van der Waals surface area contributed by atoms with Gasteiger partial charge in [0.1, 0.15) is 35.1 Å². The molecule has 1 amide bonds. The van der Waals surface area contributed by atoms with Crippen molar-refractivity contribution in [2.45, 2.75) is 30.5 Å². The zero-order valence-electron chi connectivity index (χ0n) is 20.5. The molecule has 15 heteroatoms. The summed E-state index contributed by atoms with van der Waals surface area (Å²) in [5, 5.41) is 13.8. The number of rotatable bonds is 7. The number of halogens is 5. The summed E-state index contributed by atoms with van der Waals surface area (Å²) in [5.41, 5.74) is -3.73. The minimum absolute atomic E-state index is 0.0154. The van der Waals surface area contributed by atoms with Crippen LogP contribution in [0.2, 0.25) is 0 Å². The van der Waals surface area contributed by atoms with Gasteiger partial charge in [0.2, 0.25) is 10.0 Å². The van der Waals surface area contributed by atoms with E-state index in [4.69, 9.17) is 0 Å². The van der Waals surface area contributed by atoms with Crippen LogP contribution in [0.4, 0.5) is 22.0 Å². The lowest BCUT2D eigenvalue weighted by Gasteiger charge is -2.40. The molecule has 1 aliphatic heterocycles. The highest BCUT2D eigenvalue weighted by Crippen LogP contribution is 2.35. The average Bonchev–Trinajstić information content (AvgIpc) is 3.40. The molecule has 0 unspecified atom stereocenters. The molecule has 0 bridgehead atoms. The van der Waals surface area contributed by atoms with Gasteiger partial charge >= 0.3 is 6.18 Å². The zero-order valence-corrected chi connectivity index (χ0v) is 21.3. The third kappa shape index (κ3) is 5.79. The van der Waals surface area contributed by atoms with Crippen molar-refractivity contribution in [3.63, 3.8) is 0 Å². The minimum Gasteiger partial charge on any atom is -0.382 e. The lowest BCUT2D eigenvalue weighted by molar-refractivity contribution is -0.137. The number of alkyl halides is 3. The Morgan fingerprint density at radius 3 is 2.23 bits per heavy atom. The van der Waals surface area contributed by atoms with Crippen molar-refractivity contribution in [3.05, 3.63) is 83.4 Å². The number of aromatic nitrogens is 3. The standard InChI is InChI=1S/C24H24F5N5O4S/c1-16(23(36,13-33-15-30-14-31-33)20-7-6-19(25)12-21(20)26)39(37,38)34-10-8-32(9-11-34)22(35)17-2-4-18(5-3-17)24(27,28)29/h2-7,12,14-16,36H,8-11,13H2,1H3/t16-,23-/m1/s1. The number of hydrogen-bond acceptors (Lipinski definition) is 6. The summed E-state index contributed by atoms with van der Waals surface area (Å²) in [6, 6.07) is 6.09. The maximum atomic E-state index is 14.8. The second-order valence-electron chi connectivity index (χ2n) is 9.10. The first-order valence-corrected chi connectivity index (χ1v) is 13.2. The molecular weight excluding hydrogens is 549 g/mol. The SMILES string of the molecule is C[C@H]([C@](O)(Cn1cncn1)c1ccc(F)cc1F)S(=O)(=O)N1CCN(C(=O)c2ccc(C(F)(F)F)cc2)CC1. The quantitative estimate of drug-likeness (QED) is 0.436. The van der Waals surface area contributed by atoms with Crippen molar-refractivity contribution in [2.75, 3.05) is 26.2 Å². The Morgan fingerprint density at radius 2 is 1.69 bits per heavy atom. The second-order valence-corrected chi connectivity index (χ2v) is 11.3. The van der Waals surface area contributed by atoms with Crippen LogP contribution >= 0.6 is 0 Å².